The Hall–Kier alpha value is -1.09. The summed E-state index contributed by atoms with van der Waals surface area (Å²) < 4.78 is 34.1. The van der Waals surface area contributed by atoms with Gasteiger partial charge in [-0.05, 0) is 24.3 Å². The molecular formula is C21H24KNO6S. The first-order valence-corrected chi connectivity index (χ1v) is 9.62. The van der Waals surface area contributed by atoms with E-state index in [1.54, 1.807) is 0 Å². The Morgan fingerprint density at radius 2 is 0.800 bits per heavy atom. The van der Waals surface area contributed by atoms with E-state index in [0.717, 1.165) is 0 Å². The number of hydrogen-bond acceptors (Lipinski definition) is 8. The Labute approximate surface area is 225 Å². The minimum Gasteiger partial charge on any atom is -0.696 e. The summed E-state index contributed by atoms with van der Waals surface area (Å²) >= 11 is 3.70. The third kappa shape index (κ3) is 10.8. The number of hydrogen-bond donors (Lipinski definition) is 0. The van der Waals surface area contributed by atoms with Gasteiger partial charge in [-0.3, -0.25) is 0 Å². The zero-order valence-electron chi connectivity index (χ0n) is 17.1. The van der Waals surface area contributed by atoms with E-state index in [-0.39, 0.29) is 51.4 Å². The molecule has 0 atom stereocenters. The Morgan fingerprint density at radius 1 is 0.567 bits per heavy atom. The summed E-state index contributed by atoms with van der Waals surface area (Å²) in [6.45, 7) is 3.65. The fourth-order valence-corrected chi connectivity index (χ4v) is 2.42. The smallest absolute Gasteiger partial charge is 0.696 e. The standard InChI is InChI=1S/C20H24O6.CHNS.K/c1-2-6-18-17(5-1)23-13-9-21-11-15-25-19-7-3-4-8-20(19)26-16-12-22-10-14-24-18;2-1-3;/h1-8H,9-16H2;3H;/q;;+1/p-1. The van der Waals surface area contributed by atoms with E-state index in [0.29, 0.717) is 75.9 Å². The van der Waals surface area contributed by atoms with Crippen molar-refractivity contribution >= 4 is 12.6 Å². The quantitative estimate of drug-likeness (QED) is 0.310. The van der Waals surface area contributed by atoms with E-state index in [1.165, 1.54) is 5.40 Å². The maximum atomic E-state index is 7.13. The second-order valence-electron chi connectivity index (χ2n) is 5.60. The van der Waals surface area contributed by atoms with Crippen LogP contribution >= 0.6 is 0 Å². The molecule has 0 unspecified atom stereocenters. The van der Waals surface area contributed by atoms with Crippen molar-refractivity contribution < 1.29 is 79.8 Å². The van der Waals surface area contributed by atoms with E-state index in [2.05, 4.69) is 12.6 Å². The number of benzene rings is 2. The van der Waals surface area contributed by atoms with Crippen molar-refractivity contribution in [3.63, 3.8) is 0 Å². The first-order valence-electron chi connectivity index (χ1n) is 9.21. The van der Waals surface area contributed by atoms with Gasteiger partial charge in [0.2, 0.25) is 0 Å². The average molecular weight is 458 g/mol. The van der Waals surface area contributed by atoms with Crippen LogP contribution < -0.4 is 70.3 Å². The van der Waals surface area contributed by atoms with Gasteiger partial charge in [0, 0.05) is 0 Å². The predicted octanol–water partition coefficient (Wildman–Crippen LogP) is -0.0328. The molecule has 9 heteroatoms. The van der Waals surface area contributed by atoms with Gasteiger partial charge in [-0.1, -0.05) is 29.7 Å². The van der Waals surface area contributed by atoms with Gasteiger partial charge in [0.15, 0.2) is 23.0 Å². The van der Waals surface area contributed by atoms with Gasteiger partial charge in [0.25, 0.3) is 0 Å². The molecule has 0 bridgehead atoms. The van der Waals surface area contributed by atoms with Gasteiger partial charge in [-0.2, -0.15) is 0 Å². The Morgan fingerprint density at radius 3 is 1.03 bits per heavy atom. The maximum absolute atomic E-state index is 7.13. The van der Waals surface area contributed by atoms with E-state index in [9.17, 15) is 0 Å². The molecule has 7 nitrogen and oxygen atoms in total. The van der Waals surface area contributed by atoms with Crippen molar-refractivity contribution in [3.05, 3.63) is 48.5 Å². The molecule has 156 valence electrons. The Balaban J connectivity index is 0.00000106. The number of thiocyanates is 1. The zero-order valence-corrected chi connectivity index (χ0v) is 21.0. The van der Waals surface area contributed by atoms with Crippen LogP contribution in [0.4, 0.5) is 0 Å². The first-order chi connectivity index (χ1) is 14.3. The molecule has 2 aromatic carbocycles. The minimum atomic E-state index is 0. The van der Waals surface area contributed by atoms with Crippen LogP contribution in [0.5, 0.6) is 23.0 Å². The maximum Gasteiger partial charge on any atom is 1.00 e. The zero-order chi connectivity index (χ0) is 20.6. The van der Waals surface area contributed by atoms with Crippen LogP contribution in [0.2, 0.25) is 0 Å². The summed E-state index contributed by atoms with van der Waals surface area (Å²) in [4.78, 5) is 0. The fourth-order valence-electron chi connectivity index (χ4n) is 2.42. The number of fused-ring (bicyclic) bond motifs is 2. The van der Waals surface area contributed by atoms with E-state index >= 15 is 0 Å². The molecule has 3 rings (SSSR count). The predicted molar refractivity (Wildman–Crippen MR) is 109 cm³/mol. The Bertz CT molecular complexity index is 647. The van der Waals surface area contributed by atoms with Crippen LogP contribution in [0.15, 0.2) is 48.5 Å². The summed E-state index contributed by atoms with van der Waals surface area (Å²) in [6.07, 6.45) is 0. The minimum absolute atomic E-state index is 0. The van der Waals surface area contributed by atoms with Gasteiger partial charge >= 0.3 is 51.4 Å². The molecule has 1 aliphatic heterocycles. The third-order valence-electron chi connectivity index (χ3n) is 3.64. The molecule has 0 fully saturated rings. The van der Waals surface area contributed by atoms with Gasteiger partial charge < -0.3 is 41.0 Å². The van der Waals surface area contributed by atoms with Crippen LogP contribution in [0.1, 0.15) is 0 Å². The van der Waals surface area contributed by atoms with Crippen LogP contribution in [-0.2, 0) is 22.1 Å². The number of para-hydroxylation sites is 4. The summed E-state index contributed by atoms with van der Waals surface area (Å²) in [7, 11) is 0. The molecule has 0 aromatic heterocycles. The molecule has 0 N–H and O–H groups in total. The summed E-state index contributed by atoms with van der Waals surface area (Å²) in [5.74, 6) is 2.80. The summed E-state index contributed by atoms with van der Waals surface area (Å²) in [5.41, 5.74) is 0. The summed E-state index contributed by atoms with van der Waals surface area (Å²) in [6, 6.07) is 15.2. The van der Waals surface area contributed by atoms with Crippen molar-refractivity contribution in [3.8, 4) is 28.4 Å². The Kier molecular flexibility index (Phi) is 15.8. The van der Waals surface area contributed by atoms with Crippen molar-refractivity contribution in [2.75, 3.05) is 52.9 Å². The van der Waals surface area contributed by atoms with Crippen LogP contribution in [0.25, 0.3) is 0 Å². The molecule has 1 aliphatic rings. The van der Waals surface area contributed by atoms with Crippen LogP contribution in [-0.4, -0.2) is 52.9 Å². The van der Waals surface area contributed by atoms with E-state index in [4.69, 9.17) is 33.7 Å². The number of nitriles is 1. The van der Waals surface area contributed by atoms with Crippen molar-refractivity contribution in [1.82, 2.24) is 0 Å². The molecule has 30 heavy (non-hydrogen) atoms. The van der Waals surface area contributed by atoms with Gasteiger partial charge in [0.1, 0.15) is 26.4 Å². The summed E-state index contributed by atoms with van der Waals surface area (Å²) in [5, 5.41) is 8.47. The molecular weight excluding hydrogens is 433 g/mol. The van der Waals surface area contributed by atoms with Crippen molar-refractivity contribution in [2.24, 2.45) is 0 Å². The molecule has 0 amide bonds. The second-order valence-corrected chi connectivity index (χ2v) is 5.79. The SMILES string of the molecule is N#C[S-].[K+].c1ccc2c(c1)OCCOCCOc1ccccc1OCCOCCO2. The van der Waals surface area contributed by atoms with Crippen molar-refractivity contribution in [2.45, 2.75) is 0 Å². The topological polar surface area (TPSA) is 79.2 Å². The first kappa shape index (κ1) is 26.9. The molecule has 0 spiro atoms. The number of rotatable bonds is 0. The molecule has 0 saturated carbocycles. The molecule has 0 aliphatic carbocycles. The van der Waals surface area contributed by atoms with E-state index < -0.39 is 0 Å². The van der Waals surface area contributed by atoms with E-state index in [1.807, 2.05) is 48.5 Å². The van der Waals surface area contributed by atoms with Crippen LogP contribution in [0, 0.1) is 10.7 Å². The van der Waals surface area contributed by atoms with Crippen molar-refractivity contribution in [1.29, 1.82) is 5.26 Å². The van der Waals surface area contributed by atoms with Crippen LogP contribution in [0.3, 0.4) is 0 Å². The second kappa shape index (κ2) is 17.6. The number of ether oxygens (including phenoxy) is 6. The average Bonchev–Trinajstić information content (AvgIpc) is 2.74. The largest absolute Gasteiger partial charge is 1.00 e. The molecule has 1 heterocycles. The van der Waals surface area contributed by atoms with Gasteiger partial charge in [-0.25, -0.2) is 5.26 Å². The van der Waals surface area contributed by atoms with Gasteiger partial charge in [0.05, 0.1) is 26.4 Å². The normalized spacial score (nSPS) is 14.9. The third-order valence-corrected chi connectivity index (χ3v) is 3.64. The molecule has 2 aromatic rings. The molecule has 0 radical (unpaired) electrons. The monoisotopic (exact) mass is 457 g/mol. The van der Waals surface area contributed by atoms with Gasteiger partial charge in [-0.15, -0.1) is 0 Å². The molecule has 0 saturated heterocycles. The fraction of sp³-hybridized carbons (Fsp3) is 0.381. The number of nitrogens with zero attached hydrogens (tertiary/aromatic N) is 1.